The molecule has 1 aliphatic heterocycles. The number of hydrogen-bond donors (Lipinski definition) is 3. The first-order chi connectivity index (χ1) is 9.74. The van der Waals surface area contributed by atoms with Crippen LogP contribution in [0.1, 0.15) is 11.3 Å². The predicted octanol–water partition coefficient (Wildman–Crippen LogP) is 1.86. The number of aromatic amines is 1. The van der Waals surface area contributed by atoms with Gasteiger partial charge in [-0.2, -0.15) is 5.10 Å². The van der Waals surface area contributed by atoms with Gasteiger partial charge < -0.3 is 10.6 Å². The van der Waals surface area contributed by atoms with Crippen LogP contribution in [-0.4, -0.2) is 29.3 Å². The van der Waals surface area contributed by atoms with Crippen LogP contribution >= 0.6 is 0 Å². The molecule has 20 heavy (non-hydrogen) atoms. The van der Waals surface area contributed by atoms with E-state index in [4.69, 9.17) is 0 Å². The van der Waals surface area contributed by atoms with Gasteiger partial charge in [0.2, 0.25) is 0 Å². The van der Waals surface area contributed by atoms with E-state index in [1.54, 1.807) is 4.90 Å². The Kier molecular flexibility index (Phi) is 3.28. The first-order valence-corrected chi connectivity index (χ1v) is 6.62. The Bertz CT molecular complexity index is 604. The minimum absolute atomic E-state index is 0.0280. The number of amides is 2. The van der Waals surface area contributed by atoms with Crippen molar-refractivity contribution in [3.8, 4) is 0 Å². The molecule has 1 saturated heterocycles. The fourth-order valence-electron chi connectivity index (χ4n) is 2.23. The molecule has 3 rings (SSSR count). The van der Waals surface area contributed by atoms with E-state index in [-0.39, 0.29) is 6.03 Å². The SMILES string of the molecule is Cc1[nH]ncc1CNc1ccc(N2CCNC2=O)cc1. The van der Waals surface area contributed by atoms with Crippen molar-refractivity contribution in [2.45, 2.75) is 13.5 Å². The van der Waals surface area contributed by atoms with Gasteiger partial charge in [0.25, 0.3) is 0 Å². The summed E-state index contributed by atoms with van der Waals surface area (Å²) in [7, 11) is 0. The summed E-state index contributed by atoms with van der Waals surface area (Å²) >= 11 is 0. The molecule has 0 aliphatic carbocycles. The zero-order chi connectivity index (χ0) is 13.9. The first kappa shape index (κ1) is 12.5. The fraction of sp³-hybridized carbons (Fsp3) is 0.286. The second-order valence-electron chi connectivity index (χ2n) is 4.80. The van der Waals surface area contributed by atoms with Crippen LogP contribution in [0.15, 0.2) is 30.5 Å². The zero-order valence-electron chi connectivity index (χ0n) is 11.3. The van der Waals surface area contributed by atoms with Crippen LogP contribution in [0.2, 0.25) is 0 Å². The molecule has 0 bridgehead atoms. The molecular weight excluding hydrogens is 254 g/mol. The molecule has 1 aliphatic rings. The lowest BCUT2D eigenvalue weighted by atomic mass is 10.2. The van der Waals surface area contributed by atoms with E-state index in [1.165, 1.54) is 0 Å². The van der Waals surface area contributed by atoms with Crippen LogP contribution < -0.4 is 15.5 Å². The van der Waals surface area contributed by atoms with Gasteiger partial charge >= 0.3 is 6.03 Å². The van der Waals surface area contributed by atoms with Gasteiger partial charge in [0.1, 0.15) is 0 Å². The number of anilines is 2. The molecule has 2 aromatic rings. The normalized spacial score (nSPS) is 14.4. The van der Waals surface area contributed by atoms with Crippen LogP contribution in [0.5, 0.6) is 0 Å². The van der Waals surface area contributed by atoms with Gasteiger partial charge in [-0.1, -0.05) is 0 Å². The van der Waals surface area contributed by atoms with Gasteiger partial charge in [0.05, 0.1) is 6.20 Å². The number of aryl methyl sites for hydroxylation is 1. The van der Waals surface area contributed by atoms with Crippen molar-refractivity contribution < 1.29 is 4.79 Å². The average Bonchev–Trinajstić information content (AvgIpc) is 3.06. The van der Waals surface area contributed by atoms with Crippen LogP contribution in [0.25, 0.3) is 0 Å². The molecule has 2 amide bonds. The first-order valence-electron chi connectivity index (χ1n) is 6.62. The highest BCUT2D eigenvalue weighted by atomic mass is 16.2. The van der Waals surface area contributed by atoms with Crippen molar-refractivity contribution >= 4 is 17.4 Å². The van der Waals surface area contributed by atoms with Crippen molar-refractivity contribution in [1.29, 1.82) is 0 Å². The maximum absolute atomic E-state index is 11.6. The van der Waals surface area contributed by atoms with Gasteiger partial charge in [-0.3, -0.25) is 10.00 Å². The number of H-pyrrole nitrogens is 1. The Balaban J connectivity index is 1.64. The predicted molar refractivity (Wildman–Crippen MR) is 77.8 cm³/mol. The summed E-state index contributed by atoms with van der Waals surface area (Å²) in [5.41, 5.74) is 4.16. The van der Waals surface area contributed by atoms with E-state index in [0.29, 0.717) is 6.54 Å². The Morgan fingerprint density at radius 2 is 2.15 bits per heavy atom. The molecule has 1 aromatic heterocycles. The lowest BCUT2D eigenvalue weighted by Gasteiger charge is -2.15. The van der Waals surface area contributed by atoms with Gasteiger partial charge in [0, 0.05) is 42.3 Å². The number of nitrogens with one attached hydrogen (secondary N) is 3. The monoisotopic (exact) mass is 271 g/mol. The molecule has 0 unspecified atom stereocenters. The Morgan fingerprint density at radius 3 is 2.75 bits per heavy atom. The number of carbonyl (C=O) groups excluding carboxylic acids is 1. The summed E-state index contributed by atoms with van der Waals surface area (Å²) in [4.78, 5) is 13.3. The summed E-state index contributed by atoms with van der Waals surface area (Å²) in [6.45, 7) is 4.16. The van der Waals surface area contributed by atoms with E-state index in [2.05, 4.69) is 20.8 Å². The maximum atomic E-state index is 11.6. The molecule has 104 valence electrons. The number of rotatable bonds is 4. The molecule has 6 heteroatoms. The van der Waals surface area contributed by atoms with Crippen molar-refractivity contribution in [3.05, 3.63) is 41.7 Å². The quantitative estimate of drug-likeness (QED) is 0.794. The minimum atomic E-state index is -0.0280. The molecule has 0 spiro atoms. The van der Waals surface area contributed by atoms with Crippen molar-refractivity contribution in [2.24, 2.45) is 0 Å². The third kappa shape index (κ3) is 2.45. The second-order valence-corrected chi connectivity index (χ2v) is 4.80. The average molecular weight is 271 g/mol. The molecule has 1 aromatic carbocycles. The fourth-order valence-corrected chi connectivity index (χ4v) is 2.23. The third-order valence-electron chi connectivity index (χ3n) is 3.45. The Labute approximate surface area is 117 Å². The van der Waals surface area contributed by atoms with E-state index in [0.717, 1.165) is 35.7 Å². The van der Waals surface area contributed by atoms with Crippen LogP contribution in [-0.2, 0) is 6.54 Å². The van der Waals surface area contributed by atoms with E-state index < -0.39 is 0 Å². The molecule has 3 N–H and O–H groups in total. The molecule has 1 fully saturated rings. The van der Waals surface area contributed by atoms with E-state index >= 15 is 0 Å². The highest BCUT2D eigenvalue weighted by molar-refractivity contribution is 5.94. The molecule has 2 heterocycles. The lowest BCUT2D eigenvalue weighted by molar-refractivity contribution is 0.252. The summed E-state index contributed by atoms with van der Waals surface area (Å²) < 4.78 is 0. The van der Waals surface area contributed by atoms with Gasteiger partial charge in [0.15, 0.2) is 0 Å². The van der Waals surface area contributed by atoms with Crippen LogP contribution in [0.4, 0.5) is 16.2 Å². The largest absolute Gasteiger partial charge is 0.381 e. The molecule has 0 saturated carbocycles. The summed E-state index contributed by atoms with van der Waals surface area (Å²) in [5, 5.41) is 13.0. The lowest BCUT2D eigenvalue weighted by Crippen LogP contribution is -2.27. The van der Waals surface area contributed by atoms with Crippen molar-refractivity contribution in [3.63, 3.8) is 0 Å². The molecule has 0 radical (unpaired) electrons. The number of aromatic nitrogens is 2. The highest BCUT2D eigenvalue weighted by Crippen LogP contribution is 2.20. The third-order valence-corrected chi connectivity index (χ3v) is 3.45. The molecule has 6 nitrogen and oxygen atoms in total. The highest BCUT2D eigenvalue weighted by Gasteiger charge is 2.20. The minimum Gasteiger partial charge on any atom is -0.381 e. The smallest absolute Gasteiger partial charge is 0.321 e. The molecule has 0 atom stereocenters. The molecular formula is C14H17N5O. The van der Waals surface area contributed by atoms with Crippen molar-refractivity contribution in [2.75, 3.05) is 23.3 Å². The van der Waals surface area contributed by atoms with Crippen LogP contribution in [0, 0.1) is 6.92 Å². The Morgan fingerprint density at radius 1 is 1.35 bits per heavy atom. The summed E-state index contributed by atoms with van der Waals surface area (Å²) in [6.07, 6.45) is 1.82. The Hall–Kier alpha value is -2.50. The van der Waals surface area contributed by atoms with Gasteiger partial charge in [-0.25, -0.2) is 4.79 Å². The summed E-state index contributed by atoms with van der Waals surface area (Å²) in [5.74, 6) is 0. The number of carbonyl (C=O) groups is 1. The topological polar surface area (TPSA) is 73.1 Å². The summed E-state index contributed by atoms with van der Waals surface area (Å²) in [6, 6.07) is 7.84. The second kappa shape index (κ2) is 5.24. The van der Waals surface area contributed by atoms with E-state index in [1.807, 2.05) is 37.4 Å². The van der Waals surface area contributed by atoms with Crippen molar-refractivity contribution in [1.82, 2.24) is 15.5 Å². The number of nitrogens with zero attached hydrogens (tertiary/aromatic N) is 2. The van der Waals surface area contributed by atoms with E-state index in [9.17, 15) is 4.79 Å². The maximum Gasteiger partial charge on any atom is 0.321 e. The van der Waals surface area contributed by atoms with Gasteiger partial charge in [-0.15, -0.1) is 0 Å². The standard InChI is InChI=1S/C14H17N5O/c1-10-11(9-17-18-10)8-16-12-2-4-13(5-3-12)19-7-6-15-14(19)20/h2-5,9,16H,6-8H2,1H3,(H,15,20)(H,17,18). The number of urea groups is 1. The number of benzene rings is 1. The van der Waals surface area contributed by atoms with Gasteiger partial charge in [-0.05, 0) is 31.2 Å². The zero-order valence-corrected chi connectivity index (χ0v) is 11.3. The van der Waals surface area contributed by atoms with Crippen LogP contribution in [0.3, 0.4) is 0 Å². The number of hydrogen-bond acceptors (Lipinski definition) is 3.